The maximum atomic E-state index is 13.0. The number of carbonyl (C=O) groups excluding carboxylic acids is 2. The largest absolute Gasteiger partial charge is 0.459 e. The number of nitrogens with zero attached hydrogens (tertiary/aromatic N) is 3. The van der Waals surface area contributed by atoms with Crippen molar-refractivity contribution in [2.24, 2.45) is 0 Å². The van der Waals surface area contributed by atoms with Crippen molar-refractivity contribution in [3.8, 4) is 11.4 Å². The molecule has 194 valence electrons. The van der Waals surface area contributed by atoms with Crippen LogP contribution in [-0.2, 0) is 22.4 Å². The lowest BCUT2D eigenvalue weighted by atomic mass is 9.95. The number of aromatic nitrogens is 3. The molecule has 4 rings (SSSR count). The number of esters is 1. The summed E-state index contributed by atoms with van der Waals surface area (Å²) in [6.45, 7) is 12.2. The number of rotatable bonds is 9. The highest BCUT2D eigenvalue weighted by atomic mass is 32.2. The van der Waals surface area contributed by atoms with Crippen LogP contribution in [-0.4, -0.2) is 38.5 Å². The molecule has 0 atom stereocenters. The van der Waals surface area contributed by atoms with Crippen LogP contribution in [0.2, 0.25) is 0 Å². The van der Waals surface area contributed by atoms with E-state index >= 15 is 0 Å². The van der Waals surface area contributed by atoms with Gasteiger partial charge in [-0.1, -0.05) is 25.6 Å². The number of anilines is 1. The minimum atomic E-state index is -0.354. The van der Waals surface area contributed by atoms with E-state index in [2.05, 4.69) is 59.2 Å². The van der Waals surface area contributed by atoms with Crippen molar-refractivity contribution in [1.82, 2.24) is 14.8 Å². The Kier molecular flexibility index (Phi) is 8.57. The van der Waals surface area contributed by atoms with Crippen LogP contribution in [0.25, 0.3) is 11.4 Å². The molecule has 1 N–H and O–H groups in total. The summed E-state index contributed by atoms with van der Waals surface area (Å²) in [6, 6.07) is 2.32. The normalized spacial score (nSPS) is 13.5. The molecule has 0 aromatic carbocycles. The maximum Gasteiger partial charge on any atom is 0.341 e. The SMILES string of the molecule is CC(C)OC(=O)c1c(NC(=O)CSc2nnc(-c3csc(C(C)C)c3)n2C(C)C)sc2c1CCCC2. The predicted octanol–water partition coefficient (Wildman–Crippen LogP) is 6.95. The molecule has 0 aliphatic heterocycles. The van der Waals surface area contributed by atoms with Crippen LogP contribution in [0.3, 0.4) is 0 Å². The molecule has 0 unspecified atom stereocenters. The zero-order valence-electron chi connectivity index (χ0n) is 21.7. The number of nitrogens with one attached hydrogen (secondary N) is 1. The molecule has 10 heteroatoms. The molecule has 0 fully saturated rings. The lowest BCUT2D eigenvalue weighted by Crippen LogP contribution is -2.19. The van der Waals surface area contributed by atoms with Gasteiger partial charge in [0.2, 0.25) is 5.91 Å². The highest BCUT2D eigenvalue weighted by molar-refractivity contribution is 7.99. The summed E-state index contributed by atoms with van der Waals surface area (Å²) < 4.78 is 7.59. The number of carbonyl (C=O) groups is 2. The van der Waals surface area contributed by atoms with Gasteiger partial charge in [-0.15, -0.1) is 32.9 Å². The van der Waals surface area contributed by atoms with E-state index in [9.17, 15) is 9.59 Å². The fourth-order valence-electron chi connectivity index (χ4n) is 4.25. The third kappa shape index (κ3) is 5.86. The van der Waals surface area contributed by atoms with Crippen LogP contribution in [0.15, 0.2) is 16.6 Å². The van der Waals surface area contributed by atoms with E-state index in [-0.39, 0.29) is 29.8 Å². The molecule has 0 saturated heterocycles. The van der Waals surface area contributed by atoms with Gasteiger partial charge in [0.15, 0.2) is 11.0 Å². The van der Waals surface area contributed by atoms with E-state index in [0.717, 1.165) is 42.6 Å². The third-order valence-electron chi connectivity index (χ3n) is 5.93. The topological polar surface area (TPSA) is 86.1 Å². The Hall–Kier alpha value is -2.17. The molecule has 3 aromatic heterocycles. The average Bonchev–Trinajstić information content (AvgIpc) is 3.53. The Labute approximate surface area is 225 Å². The van der Waals surface area contributed by atoms with Gasteiger partial charge in [0.1, 0.15) is 5.00 Å². The van der Waals surface area contributed by atoms with E-state index in [4.69, 9.17) is 4.74 Å². The second-order valence-corrected chi connectivity index (χ2v) is 12.9. The molecular weight excluding hydrogens is 513 g/mol. The van der Waals surface area contributed by atoms with Gasteiger partial charge in [0.05, 0.1) is 17.4 Å². The zero-order chi connectivity index (χ0) is 26.0. The van der Waals surface area contributed by atoms with Gasteiger partial charge in [-0.3, -0.25) is 9.36 Å². The van der Waals surface area contributed by atoms with Gasteiger partial charge >= 0.3 is 5.97 Å². The van der Waals surface area contributed by atoms with Crippen molar-refractivity contribution in [2.75, 3.05) is 11.1 Å². The molecule has 1 aliphatic carbocycles. The van der Waals surface area contributed by atoms with E-state index in [1.807, 2.05) is 13.8 Å². The molecule has 3 aromatic rings. The predicted molar refractivity (Wildman–Crippen MR) is 149 cm³/mol. The van der Waals surface area contributed by atoms with Crippen LogP contribution >= 0.6 is 34.4 Å². The van der Waals surface area contributed by atoms with Gasteiger partial charge in [0.25, 0.3) is 0 Å². The van der Waals surface area contributed by atoms with E-state index in [0.29, 0.717) is 21.6 Å². The zero-order valence-corrected chi connectivity index (χ0v) is 24.2. The van der Waals surface area contributed by atoms with Crippen LogP contribution in [0, 0.1) is 0 Å². The Balaban J connectivity index is 1.50. The first-order valence-electron chi connectivity index (χ1n) is 12.5. The fourth-order valence-corrected chi connectivity index (χ4v) is 7.31. The summed E-state index contributed by atoms with van der Waals surface area (Å²) in [4.78, 5) is 28.4. The molecule has 7 nitrogen and oxygen atoms in total. The molecule has 0 spiro atoms. The van der Waals surface area contributed by atoms with Gasteiger partial charge in [-0.25, -0.2) is 4.79 Å². The number of hydrogen-bond donors (Lipinski definition) is 1. The van der Waals surface area contributed by atoms with Crippen molar-refractivity contribution >= 4 is 51.3 Å². The Morgan fingerprint density at radius 3 is 2.56 bits per heavy atom. The van der Waals surface area contributed by atoms with Gasteiger partial charge in [0, 0.05) is 26.7 Å². The van der Waals surface area contributed by atoms with Crippen LogP contribution < -0.4 is 5.32 Å². The van der Waals surface area contributed by atoms with Crippen molar-refractivity contribution in [1.29, 1.82) is 0 Å². The first-order valence-corrected chi connectivity index (χ1v) is 15.2. The lowest BCUT2D eigenvalue weighted by Gasteiger charge is -2.14. The third-order valence-corrected chi connectivity index (χ3v) is 9.31. The monoisotopic (exact) mass is 546 g/mol. The fraction of sp³-hybridized carbons (Fsp3) is 0.538. The minimum absolute atomic E-state index is 0.143. The number of aryl methyl sites for hydroxylation is 1. The van der Waals surface area contributed by atoms with Gasteiger partial charge < -0.3 is 10.1 Å². The van der Waals surface area contributed by atoms with Gasteiger partial charge in [-0.05, 0) is 70.9 Å². The smallest absolute Gasteiger partial charge is 0.341 e. The Morgan fingerprint density at radius 2 is 1.89 bits per heavy atom. The summed E-state index contributed by atoms with van der Waals surface area (Å²) in [7, 11) is 0. The van der Waals surface area contributed by atoms with Crippen LogP contribution in [0.4, 0.5) is 5.00 Å². The first kappa shape index (κ1) is 26.9. The molecule has 0 radical (unpaired) electrons. The standard InChI is InChI=1S/C26H34N4O3S3/c1-14(2)20-11-17(12-34-20)23-28-29-26(30(23)15(3)4)35-13-21(31)27-24-22(25(32)33-16(5)6)18-9-7-8-10-19(18)36-24/h11-12,14-16H,7-10,13H2,1-6H3,(H,27,31). The Bertz CT molecular complexity index is 1240. The molecule has 3 heterocycles. The molecule has 1 amide bonds. The quantitative estimate of drug-likeness (QED) is 0.231. The molecular formula is C26H34N4O3S3. The van der Waals surface area contributed by atoms with Crippen LogP contribution in [0.1, 0.15) is 92.0 Å². The lowest BCUT2D eigenvalue weighted by molar-refractivity contribution is -0.113. The number of amides is 1. The summed E-state index contributed by atoms with van der Waals surface area (Å²) in [5.41, 5.74) is 2.63. The number of thiophene rings is 2. The second kappa shape index (κ2) is 11.5. The summed E-state index contributed by atoms with van der Waals surface area (Å²) in [5, 5.41) is 15.3. The highest BCUT2D eigenvalue weighted by Gasteiger charge is 2.28. The summed E-state index contributed by atoms with van der Waals surface area (Å²) in [6.07, 6.45) is 3.72. The average molecular weight is 547 g/mol. The van der Waals surface area contributed by atoms with Crippen molar-refractivity contribution in [3.05, 3.63) is 32.3 Å². The highest BCUT2D eigenvalue weighted by Crippen LogP contribution is 2.39. The molecule has 36 heavy (non-hydrogen) atoms. The van der Waals surface area contributed by atoms with Crippen molar-refractivity contribution in [2.45, 2.75) is 90.4 Å². The van der Waals surface area contributed by atoms with Gasteiger partial charge in [-0.2, -0.15) is 0 Å². The minimum Gasteiger partial charge on any atom is -0.459 e. The van der Waals surface area contributed by atoms with E-state index < -0.39 is 0 Å². The van der Waals surface area contributed by atoms with E-state index in [1.54, 1.807) is 11.3 Å². The van der Waals surface area contributed by atoms with Crippen molar-refractivity contribution < 1.29 is 14.3 Å². The summed E-state index contributed by atoms with van der Waals surface area (Å²) in [5.74, 6) is 0.929. The molecule has 1 aliphatic rings. The number of hydrogen-bond acceptors (Lipinski definition) is 8. The van der Waals surface area contributed by atoms with Crippen molar-refractivity contribution in [3.63, 3.8) is 0 Å². The first-order chi connectivity index (χ1) is 17.2. The van der Waals surface area contributed by atoms with E-state index in [1.165, 1.54) is 32.9 Å². The Morgan fingerprint density at radius 1 is 1.14 bits per heavy atom. The molecule has 0 saturated carbocycles. The number of ether oxygens (including phenoxy) is 1. The summed E-state index contributed by atoms with van der Waals surface area (Å²) >= 11 is 4.60. The number of fused-ring (bicyclic) bond motifs is 1. The number of thioether (sulfide) groups is 1. The maximum absolute atomic E-state index is 13.0. The second-order valence-electron chi connectivity index (χ2n) is 9.87. The molecule has 0 bridgehead atoms. The van der Waals surface area contributed by atoms with Crippen LogP contribution in [0.5, 0.6) is 0 Å².